The minimum atomic E-state index is -0.00132. The van der Waals surface area contributed by atoms with Gasteiger partial charge in [0.15, 0.2) is 0 Å². The molecule has 3 rings (SSSR count). The van der Waals surface area contributed by atoms with E-state index in [0.717, 1.165) is 42.9 Å². The summed E-state index contributed by atoms with van der Waals surface area (Å²) in [7, 11) is 0. The number of piperidine rings is 1. The summed E-state index contributed by atoms with van der Waals surface area (Å²) in [6, 6.07) is 8.01. The number of anilines is 1. The molecule has 0 aliphatic carbocycles. The highest BCUT2D eigenvalue weighted by Gasteiger charge is 2.23. The predicted molar refractivity (Wildman–Crippen MR) is 82.7 cm³/mol. The van der Waals surface area contributed by atoms with E-state index in [1.54, 1.807) is 11.5 Å². The minimum Gasteiger partial charge on any atom is -0.342 e. The molecule has 0 amide bonds. The Hall–Kier alpha value is -1.59. The lowest BCUT2D eigenvalue weighted by Gasteiger charge is -2.30. The van der Waals surface area contributed by atoms with E-state index < -0.39 is 0 Å². The molecule has 0 unspecified atom stereocenters. The summed E-state index contributed by atoms with van der Waals surface area (Å²) < 4.78 is 1.70. The standard InChI is InChI=1S/C14H18N4O.ClH/c1-10(19)18-13-5-3-2-4-12(13)16-14(18)17-8-6-11(15)7-9-17;/h2-5,11H,6-9,15H2,1H3;1H. The van der Waals surface area contributed by atoms with Gasteiger partial charge in [0.25, 0.3) is 0 Å². The van der Waals surface area contributed by atoms with Crippen LogP contribution < -0.4 is 10.6 Å². The van der Waals surface area contributed by atoms with Gasteiger partial charge in [0.05, 0.1) is 11.0 Å². The summed E-state index contributed by atoms with van der Waals surface area (Å²) in [6.45, 7) is 3.29. The fourth-order valence-electron chi connectivity index (χ4n) is 2.64. The van der Waals surface area contributed by atoms with Crippen LogP contribution in [0.2, 0.25) is 0 Å². The van der Waals surface area contributed by atoms with Crippen molar-refractivity contribution < 1.29 is 4.79 Å². The van der Waals surface area contributed by atoms with Gasteiger partial charge in [-0.05, 0) is 25.0 Å². The van der Waals surface area contributed by atoms with Crippen molar-refractivity contribution in [2.75, 3.05) is 18.0 Å². The molecule has 1 aromatic carbocycles. The van der Waals surface area contributed by atoms with E-state index in [1.165, 1.54) is 0 Å². The fraction of sp³-hybridized carbons (Fsp3) is 0.429. The maximum absolute atomic E-state index is 11.9. The number of rotatable bonds is 1. The molecule has 1 aliphatic heterocycles. The van der Waals surface area contributed by atoms with Crippen molar-refractivity contribution in [2.24, 2.45) is 5.73 Å². The average molecular weight is 295 g/mol. The second kappa shape index (κ2) is 5.81. The number of aromatic nitrogens is 2. The number of carbonyl (C=O) groups is 1. The Balaban J connectivity index is 0.00000147. The van der Waals surface area contributed by atoms with E-state index in [2.05, 4.69) is 9.88 Å². The SMILES string of the molecule is CC(=O)n1c(N2CCC(N)CC2)nc2ccccc21.Cl. The Morgan fingerprint density at radius 2 is 1.95 bits per heavy atom. The van der Waals surface area contributed by atoms with Gasteiger partial charge in [0.1, 0.15) is 0 Å². The number of imidazole rings is 1. The van der Waals surface area contributed by atoms with Gasteiger partial charge in [-0.1, -0.05) is 12.1 Å². The zero-order chi connectivity index (χ0) is 13.4. The van der Waals surface area contributed by atoms with Crippen LogP contribution in [0.1, 0.15) is 24.6 Å². The molecule has 0 bridgehead atoms. The van der Waals surface area contributed by atoms with Crippen LogP contribution in [-0.4, -0.2) is 34.6 Å². The molecule has 6 heteroatoms. The third-order valence-corrected chi connectivity index (χ3v) is 3.68. The van der Waals surface area contributed by atoms with Crippen LogP contribution in [0.15, 0.2) is 24.3 Å². The first kappa shape index (κ1) is 14.8. The smallest absolute Gasteiger partial charge is 0.230 e. The molecule has 1 aliphatic rings. The van der Waals surface area contributed by atoms with Crippen LogP contribution in [0.25, 0.3) is 11.0 Å². The van der Waals surface area contributed by atoms with Crippen LogP contribution in [0, 0.1) is 0 Å². The second-order valence-electron chi connectivity index (χ2n) is 5.08. The summed E-state index contributed by atoms with van der Waals surface area (Å²) in [5, 5.41) is 0. The quantitative estimate of drug-likeness (QED) is 0.874. The van der Waals surface area contributed by atoms with E-state index >= 15 is 0 Å². The van der Waals surface area contributed by atoms with Gasteiger partial charge in [-0.15, -0.1) is 12.4 Å². The molecular weight excluding hydrogens is 276 g/mol. The number of hydrogen-bond acceptors (Lipinski definition) is 4. The molecule has 0 radical (unpaired) electrons. The summed E-state index contributed by atoms with van der Waals surface area (Å²) in [5.41, 5.74) is 7.67. The zero-order valence-corrected chi connectivity index (χ0v) is 12.3. The lowest BCUT2D eigenvalue weighted by molar-refractivity contribution is 0.0942. The van der Waals surface area contributed by atoms with E-state index in [-0.39, 0.29) is 24.4 Å². The van der Waals surface area contributed by atoms with Crippen molar-refractivity contribution in [3.8, 4) is 0 Å². The first-order chi connectivity index (χ1) is 9.16. The zero-order valence-electron chi connectivity index (χ0n) is 11.5. The summed E-state index contributed by atoms with van der Waals surface area (Å²) in [4.78, 5) is 18.7. The molecular formula is C14H19ClN4O. The number of hydrogen-bond donors (Lipinski definition) is 1. The van der Waals surface area contributed by atoms with Gasteiger partial charge in [-0.2, -0.15) is 0 Å². The van der Waals surface area contributed by atoms with Crippen molar-refractivity contribution in [2.45, 2.75) is 25.8 Å². The fourth-order valence-corrected chi connectivity index (χ4v) is 2.64. The highest BCUT2D eigenvalue weighted by Crippen LogP contribution is 2.24. The van der Waals surface area contributed by atoms with Gasteiger partial charge in [-0.3, -0.25) is 4.79 Å². The molecule has 0 spiro atoms. The molecule has 2 heterocycles. The highest BCUT2D eigenvalue weighted by atomic mass is 35.5. The monoisotopic (exact) mass is 294 g/mol. The van der Waals surface area contributed by atoms with E-state index in [0.29, 0.717) is 0 Å². The first-order valence-corrected chi connectivity index (χ1v) is 6.66. The van der Waals surface area contributed by atoms with Crippen LogP contribution in [-0.2, 0) is 0 Å². The van der Waals surface area contributed by atoms with Gasteiger partial charge < -0.3 is 10.6 Å². The largest absolute Gasteiger partial charge is 0.342 e. The molecule has 2 N–H and O–H groups in total. The lowest BCUT2D eigenvalue weighted by atomic mass is 10.1. The van der Waals surface area contributed by atoms with Crippen molar-refractivity contribution in [3.05, 3.63) is 24.3 Å². The Morgan fingerprint density at radius 3 is 2.60 bits per heavy atom. The number of nitrogens with two attached hydrogens (primary N) is 1. The number of para-hydroxylation sites is 2. The van der Waals surface area contributed by atoms with Crippen LogP contribution in [0.4, 0.5) is 5.95 Å². The van der Waals surface area contributed by atoms with Crippen LogP contribution in [0.5, 0.6) is 0 Å². The Bertz CT molecular complexity index is 617. The lowest BCUT2D eigenvalue weighted by Crippen LogP contribution is -2.41. The molecule has 1 saturated heterocycles. The maximum Gasteiger partial charge on any atom is 0.230 e. The van der Waals surface area contributed by atoms with E-state index in [9.17, 15) is 4.79 Å². The number of benzene rings is 1. The van der Waals surface area contributed by atoms with Gasteiger partial charge in [0.2, 0.25) is 11.9 Å². The van der Waals surface area contributed by atoms with Gasteiger partial charge in [-0.25, -0.2) is 9.55 Å². The third-order valence-electron chi connectivity index (χ3n) is 3.68. The van der Waals surface area contributed by atoms with Crippen molar-refractivity contribution in [1.82, 2.24) is 9.55 Å². The van der Waals surface area contributed by atoms with E-state index in [4.69, 9.17) is 5.73 Å². The molecule has 5 nitrogen and oxygen atoms in total. The molecule has 1 fully saturated rings. The summed E-state index contributed by atoms with van der Waals surface area (Å²) in [6.07, 6.45) is 1.89. The molecule has 108 valence electrons. The predicted octanol–water partition coefficient (Wildman–Crippen LogP) is 2.05. The highest BCUT2D eigenvalue weighted by molar-refractivity contribution is 5.92. The van der Waals surface area contributed by atoms with Crippen LogP contribution in [0.3, 0.4) is 0 Å². The molecule has 2 aromatic rings. The van der Waals surface area contributed by atoms with Crippen molar-refractivity contribution >= 4 is 35.3 Å². The number of nitrogens with zero attached hydrogens (tertiary/aromatic N) is 3. The van der Waals surface area contributed by atoms with E-state index in [1.807, 2.05) is 24.3 Å². The molecule has 0 saturated carbocycles. The van der Waals surface area contributed by atoms with Crippen LogP contribution >= 0.6 is 12.4 Å². The Labute approximate surface area is 124 Å². The Kier molecular flexibility index (Phi) is 4.30. The van der Waals surface area contributed by atoms with Gasteiger partial charge in [0, 0.05) is 26.1 Å². The number of carbonyl (C=O) groups excluding carboxylic acids is 1. The third kappa shape index (κ3) is 2.51. The normalized spacial score (nSPS) is 16.2. The van der Waals surface area contributed by atoms with Crippen molar-refractivity contribution in [3.63, 3.8) is 0 Å². The Morgan fingerprint density at radius 1 is 1.30 bits per heavy atom. The first-order valence-electron chi connectivity index (χ1n) is 6.66. The average Bonchev–Trinajstić information content (AvgIpc) is 2.78. The molecule has 1 aromatic heterocycles. The molecule has 20 heavy (non-hydrogen) atoms. The number of fused-ring (bicyclic) bond motifs is 1. The second-order valence-corrected chi connectivity index (χ2v) is 5.08. The minimum absolute atomic E-state index is 0. The number of halogens is 1. The molecule has 0 atom stereocenters. The van der Waals surface area contributed by atoms with Gasteiger partial charge >= 0.3 is 0 Å². The topological polar surface area (TPSA) is 64.2 Å². The summed E-state index contributed by atoms with van der Waals surface area (Å²) >= 11 is 0. The van der Waals surface area contributed by atoms with Crippen molar-refractivity contribution in [1.29, 1.82) is 0 Å². The maximum atomic E-state index is 11.9. The summed E-state index contributed by atoms with van der Waals surface area (Å²) in [5.74, 6) is 0.749.